The summed E-state index contributed by atoms with van der Waals surface area (Å²) in [7, 11) is 0. The van der Waals surface area contributed by atoms with Gasteiger partial charge >= 0.3 is 0 Å². The number of benzene rings is 2. The molecule has 3 aromatic rings. The SMILES string of the molecule is c1ccc(-c2cn3c4c(cccc24)CCC3)cc1. The molecule has 0 saturated heterocycles. The number of hydrogen-bond donors (Lipinski definition) is 0. The molecule has 0 amide bonds. The molecule has 0 spiro atoms. The van der Waals surface area contributed by atoms with E-state index in [4.69, 9.17) is 0 Å². The van der Waals surface area contributed by atoms with E-state index in [0.717, 1.165) is 6.54 Å². The Hall–Kier alpha value is -2.02. The smallest absolute Gasteiger partial charge is 0.0519 e. The fourth-order valence-electron chi connectivity index (χ4n) is 3.10. The van der Waals surface area contributed by atoms with E-state index in [-0.39, 0.29) is 0 Å². The summed E-state index contributed by atoms with van der Waals surface area (Å²) in [5, 5.41) is 1.40. The molecule has 4 rings (SSSR count). The van der Waals surface area contributed by atoms with Gasteiger partial charge < -0.3 is 4.57 Å². The molecule has 1 aromatic heterocycles. The average Bonchev–Trinajstić information content (AvgIpc) is 2.82. The number of aromatic nitrogens is 1. The van der Waals surface area contributed by atoms with Crippen molar-refractivity contribution in [3.05, 3.63) is 60.3 Å². The van der Waals surface area contributed by atoms with E-state index in [0.29, 0.717) is 0 Å². The monoisotopic (exact) mass is 233 g/mol. The van der Waals surface area contributed by atoms with Gasteiger partial charge in [0.15, 0.2) is 0 Å². The molecule has 0 radical (unpaired) electrons. The van der Waals surface area contributed by atoms with Crippen LogP contribution in [0.3, 0.4) is 0 Å². The summed E-state index contributed by atoms with van der Waals surface area (Å²) in [4.78, 5) is 0. The Labute approximate surface area is 107 Å². The highest BCUT2D eigenvalue weighted by atomic mass is 15.0. The second kappa shape index (κ2) is 3.74. The van der Waals surface area contributed by atoms with Crippen molar-refractivity contribution in [2.75, 3.05) is 0 Å². The summed E-state index contributed by atoms with van der Waals surface area (Å²) in [6.45, 7) is 1.15. The molecule has 1 nitrogen and oxygen atoms in total. The van der Waals surface area contributed by atoms with Crippen LogP contribution in [0.15, 0.2) is 54.7 Å². The highest BCUT2D eigenvalue weighted by molar-refractivity contribution is 5.98. The quantitative estimate of drug-likeness (QED) is 0.592. The predicted molar refractivity (Wildman–Crippen MR) is 75.7 cm³/mol. The molecule has 2 heterocycles. The van der Waals surface area contributed by atoms with Crippen LogP contribution in [0.2, 0.25) is 0 Å². The van der Waals surface area contributed by atoms with Gasteiger partial charge in [0.2, 0.25) is 0 Å². The van der Waals surface area contributed by atoms with Gasteiger partial charge in [-0.25, -0.2) is 0 Å². The molecule has 0 N–H and O–H groups in total. The molecule has 1 aliphatic rings. The van der Waals surface area contributed by atoms with Gasteiger partial charge in [-0.05, 0) is 24.0 Å². The van der Waals surface area contributed by atoms with Gasteiger partial charge in [0.05, 0.1) is 5.52 Å². The third-order valence-electron chi connectivity index (χ3n) is 3.91. The van der Waals surface area contributed by atoms with E-state index in [9.17, 15) is 0 Å². The number of para-hydroxylation sites is 1. The van der Waals surface area contributed by atoms with Crippen LogP contribution in [-0.2, 0) is 13.0 Å². The molecule has 2 aromatic carbocycles. The molecular weight excluding hydrogens is 218 g/mol. The van der Waals surface area contributed by atoms with E-state index in [1.54, 1.807) is 0 Å². The molecule has 1 aliphatic heterocycles. The highest BCUT2D eigenvalue weighted by Gasteiger charge is 2.16. The Morgan fingerprint density at radius 1 is 0.889 bits per heavy atom. The molecule has 88 valence electrons. The van der Waals surface area contributed by atoms with Crippen molar-refractivity contribution < 1.29 is 0 Å². The zero-order valence-corrected chi connectivity index (χ0v) is 10.3. The Morgan fingerprint density at radius 2 is 1.78 bits per heavy atom. The minimum absolute atomic E-state index is 1.15. The summed E-state index contributed by atoms with van der Waals surface area (Å²) < 4.78 is 2.43. The van der Waals surface area contributed by atoms with Crippen molar-refractivity contribution in [2.45, 2.75) is 19.4 Å². The van der Waals surface area contributed by atoms with Gasteiger partial charge in [0.1, 0.15) is 0 Å². The molecule has 0 aliphatic carbocycles. The highest BCUT2D eigenvalue weighted by Crippen LogP contribution is 2.34. The van der Waals surface area contributed by atoms with E-state index >= 15 is 0 Å². The van der Waals surface area contributed by atoms with Crippen LogP contribution < -0.4 is 0 Å². The largest absolute Gasteiger partial charge is 0.347 e. The fraction of sp³-hybridized carbons (Fsp3) is 0.176. The topological polar surface area (TPSA) is 4.93 Å². The van der Waals surface area contributed by atoms with Crippen LogP contribution in [0.5, 0.6) is 0 Å². The number of aryl methyl sites for hydroxylation is 2. The van der Waals surface area contributed by atoms with Crippen molar-refractivity contribution in [3.8, 4) is 11.1 Å². The van der Waals surface area contributed by atoms with Crippen LogP contribution >= 0.6 is 0 Å². The first-order chi connectivity index (χ1) is 8.93. The fourth-order valence-corrected chi connectivity index (χ4v) is 3.10. The summed E-state index contributed by atoms with van der Waals surface area (Å²) in [6.07, 6.45) is 4.80. The van der Waals surface area contributed by atoms with E-state index in [1.165, 1.54) is 40.4 Å². The van der Waals surface area contributed by atoms with E-state index in [2.05, 4.69) is 59.3 Å². The van der Waals surface area contributed by atoms with Gasteiger partial charge in [0, 0.05) is 23.7 Å². The minimum atomic E-state index is 1.15. The van der Waals surface area contributed by atoms with Crippen molar-refractivity contribution >= 4 is 10.9 Å². The Balaban J connectivity index is 2.07. The third kappa shape index (κ3) is 1.34. The molecule has 0 fully saturated rings. The zero-order chi connectivity index (χ0) is 11.9. The van der Waals surface area contributed by atoms with Crippen LogP contribution in [0, 0.1) is 0 Å². The lowest BCUT2D eigenvalue weighted by atomic mass is 10.0. The van der Waals surface area contributed by atoms with Gasteiger partial charge in [0.25, 0.3) is 0 Å². The lowest BCUT2D eigenvalue weighted by Gasteiger charge is -2.14. The average molecular weight is 233 g/mol. The molecule has 1 heteroatoms. The second-order valence-corrected chi connectivity index (χ2v) is 5.02. The van der Waals surface area contributed by atoms with Crippen molar-refractivity contribution in [1.82, 2.24) is 4.57 Å². The van der Waals surface area contributed by atoms with Gasteiger partial charge in [-0.2, -0.15) is 0 Å². The van der Waals surface area contributed by atoms with Crippen molar-refractivity contribution in [2.24, 2.45) is 0 Å². The van der Waals surface area contributed by atoms with E-state index in [1.807, 2.05) is 0 Å². The van der Waals surface area contributed by atoms with Crippen LogP contribution in [0.1, 0.15) is 12.0 Å². The van der Waals surface area contributed by atoms with Crippen molar-refractivity contribution in [3.63, 3.8) is 0 Å². The van der Waals surface area contributed by atoms with E-state index < -0.39 is 0 Å². The normalized spacial score (nSPS) is 14.0. The third-order valence-corrected chi connectivity index (χ3v) is 3.91. The maximum atomic E-state index is 2.43. The lowest BCUT2D eigenvalue weighted by molar-refractivity contribution is 0.636. The Morgan fingerprint density at radius 3 is 2.67 bits per heavy atom. The maximum Gasteiger partial charge on any atom is 0.0519 e. The number of nitrogens with zero attached hydrogens (tertiary/aromatic N) is 1. The molecular formula is C17H15N. The first-order valence-electron chi connectivity index (χ1n) is 6.59. The predicted octanol–water partition coefficient (Wildman–Crippen LogP) is 4.25. The summed E-state index contributed by atoms with van der Waals surface area (Å²) >= 11 is 0. The molecule has 18 heavy (non-hydrogen) atoms. The van der Waals surface area contributed by atoms with Gasteiger partial charge in [-0.3, -0.25) is 0 Å². The lowest BCUT2D eigenvalue weighted by Crippen LogP contribution is -2.05. The summed E-state index contributed by atoms with van der Waals surface area (Å²) in [6, 6.07) is 17.4. The molecule has 0 bridgehead atoms. The zero-order valence-electron chi connectivity index (χ0n) is 10.3. The van der Waals surface area contributed by atoms with Crippen LogP contribution in [0.25, 0.3) is 22.0 Å². The number of rotatable bonds is 1. The summed E-state index contributed by atoms with van der Waals surface area (Å²) in [5.74, 6) is 0. The number of hydrogen-bond acceptors (Lipinski definition) is 0. The van der Waals surface area contributed by atoms with Crippen LogP contribution in [-0.4, -0.2) is 4.57 Å². The minimum Gasteiger partial charge on any atom is -0.347 e. The Bertz CT molecular complexity index is 707. The maximum absolute atomic E-state index is 2.43. The first-order valence-corrected chi connectivity index (χ1v) is 6.59. The van der Waals surface area contributed by atoms with Gasteiger partial charge in [-0.1, -0.05) is 48.5 Å². The summed E-state index contributed by atoms with van der Waals surface area (Å²) in [5.41, 5.74) is 5.64. The molecule has 0 unspecified atom stereocenters. The van der Waals surface area contributed by atoms with Crippen molar-refractivity contribution in [1.29, 1.82) is 0 Å². The molecule has 0 atom stereocenters. The first kappa shape index (κ1) is 9.95. The molecule has 0 saturated carbocycles. The van der Waals surface area contributed by atoms with Crippen LogP contribution in [0.4, 0.5) is 0 Å². The second-order valence-electron chi connectivity index (χ2n) is 5.02. The Kier molecular flexibility index (Phi) is 2.07. The van der Waals surface area contributed by atoms with Gasteiger partial charge in [-0.15, -0.1) is 0 Å². The standard InChI is InChI=1S/C17H15N/c1-2-6-13(7-3-1)16-12-18-11-5-9-14-8-4-10-15(16)17(14)18/h1-4,6-8,10,12H,5,9,11H2.